The van der Waals surface area contributed by atoms with E-state index in [0.29, 0.717) is 6.42 Å². The van der Waals surface area contributed by atoms with Gasteiger partial charge in [0.2, 0.25) is 0 Å². The number of alkyl carbamates (subject to hydrolysis) is 1. The number of aliphatic hydroxyl groups excluding tert-OH is 1. The molecule has 3 atom stereocenters. The summed E-state index contributed by atoms with van der Waals surface area (Å²) in [6, 6.07) is -1.32. The highest BCUT2D eigenvalue weighted by atomic mass is 16.6. The van der Waals surface area contributed by atoms with Crippen molar-refractivity contribution in [3.63, 3.8) is 0 Å². The summed E-state index contributed by atoms with van der Waals surface area (Å²) in [4.78, 5) is 12.3. The first-order chi connectivity index (χ1) is 10.3. The zero-order valence-corrected chi connectivity index (χ0v) is 14.9. The lowest BCUT2D eigenvalue weighted by Crippen LogP contribution is -2.68. The van der Waals surface area contributed by atoms with Gasteiger partial charge in [0.05, 0.1) is 12.1 Å². The molecule has 0 bridgehead atoms. The van der Waals surface area contributed by atoms with Crippen molar-refractivity contribution in [3.8, 4) is 0 Å². The molecule has 1 aliphatic rings. The number of hydrogen-bond donors (Lipinski definition) is 3. The Bertz CT molecular complexity index is 467. The van der Waals surface area contributed by atoms with Gasteiger partial charge >= 0.3 is 6.09 Å². The van der Waals surface area contributed by atoms with Crippen LogP contribution in [0.1, 0.15) is 56.3 Å². The van der Waals surface area contributed by atoms with Crippen LogP contribution in [0.3, 0.4) is 0 Å². The second-order valence-electron chi connectivity index (χ2n) is 8.06. The minimum atomic E-state index is -1.28. The zero-order valence-electron chi connectivity index (χ0n) is 15.9. The summed E-state index contributed by atoms with van der Waals surface area (Å²) in [5.74, 6) is 0. The van der Waals surface area contributed by atoms with E-state index in [1.807, 2.05) is 39.8 Å². The summed E-state index contributed by atoms with van der Waals surface area (Å²) in [6.07, 6.45) is 3.56. The number of ether oxygens (including phenoxy) is 1. The molecule has 5 heteroatoms. The predicted molar refractivity (Wildman–Crippen MR) is 88.8 cm³/mol. The van der Waals surface area contributed by atoms with Crippen LogP contribution in [0.5, 0.6) is 0 Å². The normalized spacial score (nSPS) is 33.8. The van der Waals surface area contributed by atoms with Crippen LogP contribution in [0.25, 0.3) is 0 Å². The van der Waals surface area contributed by atoms with Crippen molar-refractivity contribution in [2.24, 2.45) is 5.41 Å². The molecule has 0 spiro atoms. The van der Waals surface area contributed by atoms with E-state index in [0.717, 1.165) is 0 Å². The molecule has 1 amide bonds. The Kier molecular flexibility index (Phi) is 5.17. The van der Waals surface area contributed by atoms with Gasteiger partial charge < -0.3 is 20.5 Å². The molecule has 0 aromatic carbocycles. The number of hydrogen-bond acceptors (Lipinski definition) is 4. The Hall–Kier alpha value is -1.07. The largest absolute Gasteiger partial charge is 0.444 e. The maximum absolute atomic E-state index is 12.3. The molecule has 0 fully saturated rings. The van der Waals surface area contributed by atoms with Gasteiger partial charge in [0, 0.05) is 13.4 Å². The van der Waals surface area contributed by atoms with Crippen molar-refractivity contribution in [1.82, 2.24) is 10.6 Å². The molecule has 0 aliphatic carbocycles. The van der Waals surface area contributed by atoms with Gasteiger partial charge in [-0.25, -0.2) is 4.79 Å². The maximum atomic E-state index is 12.3. The van der Waals surface area contributed by atoms with Crippen molar-refractivity contribution < 1.29 is 16.0 Å². The van der Waals surface area contributed by atoms with E-state index < -0.39 is 28.7 Å². The van der Waals surface area contributed by atoms with Crippen LogP contribution in [0.15, 0.2) is 12.2 Å². The fraction of sp³-hybridized carbons (Fsp3) is 0.824. The Labute approximate surface area is 135 Å². The molecule has 1 unspecified atom stereocenters. The quantitative estimate of drug-likeness (QED) is 0.685. The number of amides is 1. The van der Waals surface area contributed by atoms with Crippen molar-refractivity contribution in [2.45, 2.75) is 78.1 Å². The van der Waals surface area contributed by atoms with E-state index in [4.69, 9.17) is 6.11 Å². The Morgan fingerprint density at radius 2 is 2.05 bits per heavy atom. The molecule has 1 heterocycles. The minimum Gasteiger partial charge on any atom is -0.444 e. The predicted octanol–water partition coefficient (Wildman–Crippen LogP) is 2.59. The lowest BCUT2D eigenvalue weighted by Gasteiger charge is -2.46. The number of carbonyl (C=O) groups is 1. The van der Waals surface area contributed by atoms with Gasteiger partial charge in [-0.15, -0.1) is 0 Å². The van der Waals surface area contributed by atoms with E-state index in [1.165, 1.54) is 0 Å². The van der Waals surface area contributed by atoms with Crippen LogP contribution < -0.4 is 10.6 Å². The molecule has 22 heavy (non-hydrogen) atoms. The maximum Gasteiger partial charge on any atom is 0.408 e. The van der Waals surface area contributed by atoms with Gasteiger partial charge in [-0.2, -0.15) is 0 Å². The van der Waals surface area contributed by atoms with Gasteiger partial charge in [0.1, 0.15) is 5.60 Å². The van der Waals surface area contributed by atoms with Crippen molar-refractivity contribution in [3.05, 3.63) is 12.2 Å². The molecule has 3 N–H and O–H groups in total. The monoisotopic (exact) mass is 313 g/mol. The molecule has 0 saturated heterocycles. The summed E-state index contributed by atoms with van der Waals surface area (Å²) in [5.41, 5.74) is -2.37. The van der Waals surface area contributed by atoms with Crippen molar-refractivity contribution in [1.29, 1.82) is 0 Å². The summed E-state index contributed by atoms with van der Waals surface area (Å²) in [7, 11) is 0. The molecule has 5 nitrogen and oxygen atoms in total. The van der Waals surface area contributed by atoms with Crippen LogP contribution in [0, 0.1) is 5.41 Å². The summed E-state index contributed by atoms with van der Waals surface area (Å²) in [6.45, 7) is 12.7. The van der Waals surface area contributed by atoms with Crippen LogP contribution in [-0.2, 0) is 4.74 Å². The van der Waals surface area contributed by atoms with Gasteiger partial charge in [0.15, 0.2) is 0 Å². The number of nitrogens with one attached hydrogen (secondary N) is 2. The van der Waals surface area contributed by atoms with E-state index in [1.54, 1.807) is 20.8 Å². The SMILES string of the molecule is [2H]C1(C(C)(C)C)N[C@@H](C)C=CC[C@]1(CO)NC(=O)OC(C)(C)C. The average molecular weight is 313 g/mol. The third-order valence-electron chi connectivity index (χ3n) is 3.50. The van der Waals surface area contributed by atoms with Crippen LogP contribution >= 0.6 is 0 Å². The van der Waals surface area contributed by atoms with Gasteiger partial charge in [-0.3, -0.25) is 0 Å². The Morgan fingerprint density at radius 1 is 1.45 bits per heavy atom. The third-order valence-corrected chi connectivity index (χ3v) is 3.50. The standard InChI is InChI=1S/C17H32N2O3/c1-12-9-8-10-17(11-20,13(18-12)15(2,3)4)19-14(21)22-16(5,6)7/h8-9,12-13,18,20H,10-11H2,1-7H3,(H,19,21)/t12-,13?,17+/m0/s1/i13D. The summed E-state index contributed by atoms with van der Waals surface area (Å²) in [5, 5.41) is 16.2. The number of aliphatic hydroxyl groups is 1. The van der Waals surface area contributed by atoms with Gasteiger partial charge in [-0.05, 0) is 39.5 Å². The highest BCUT2D eigenvalue weighted by molar-refractivity contribution is 5.69. The van der Waals surface area contributed by atoms with Crippen molar-refractivity contribution >= 4 is 6.09 Å². The molecular formula is C17H32N2O3. The lowest BCUT2D eigenvalue weighted by molar-refractivity contribution is 0.0235. The summed E-state index contributed by atoms with van der Waals surface area (Å²) >= 11 is 0. The third kappa shape index (κ3) is 4.99. The topological polar surface area (TPSA) is 70.6 Å². The number of carbonyl (C=O) groups excluding carboxylic acids is 1. The molecular weight excluding hydrogens is 280 g/mol. The Morgan fingerprint density at radius 3 is 2.50 bits per heavy atom. The molecule has 0 saturated carbocycles. The molecule has 0 radical (unpaired) electrons. The van der Waals surface area contributed by atoms with E-state index in [9.17, 15) is 9.90 Å². The molecule has 0 aromatic heterocycles. The second kappa shape index (κ2) is 6.59. The first-order valence-corrected chi connectivity index (χ1v) is 7.83. The minimum absolute atomic E-state index is 0.0411. The fourth-order valence-electron chi connectivity index (χ4n) is 2.72. The van der Waals surface area contributed by atoms with E-state index in [-0.39, 0.29) is 12.6 Å². The van der Waals surface area contributed by atoms with Crippen LogP contribution in [0.4, 0.5) is 4.79 Å². The number of rotatable bonds is 2. The van der Waals surface area contributed by atoms with Crippen LogP contribution in [0.2, 0.25) is 0 Å². The van der Waals surface area contributed by atoms with E-state index >= 15 is 0 Å². The molecule has 0 aromatic rings. The molecule has 1 aliphatic heterocycles. The Balaban J connectivity index is 3.25. The van der Waals surface area contributed by atoms with E-state index in [2.05, 4.69) is 10.6 Å². The summed E-state index contributed by atoms with van der Waals surface area (Å²) < 4.78 is 14.4. The highest BCUT2D eigenvalue weighted by Gasteiger charge is 2.46. The smallest absolute Gasteiger partial charge is 0.408 e. The average Bonchev–Trinajstić information content (AvgIpc) is 2.44. The molecule has 128 valence electrons. The zero-order chi connectivity index (χ0) is 18.1. The highest BCUT2D eigenvalue weighted by Crippen LogP contribution is 2.33. The fourth-order valence-corrected chi connectivity index (χ4v) is 2.72. The lowest BCUT2D eigenvalue weighted by atomic mass is 9.73. The van der Waals surface area contributed by atoms with Gasteiger partial charge in [0.25, 0.3) is 0 Å². The first-order valence-electron chi connectivity index (χ1n) is 8.33. The van der Waals surface area contributed by atoms with Crippen LogP contribution in [-0.4, -0.2) is 41.0 Å². The second-order valence-corrected chi connectivity index (χ2v) is 8.06. The molecule has 1 rings (SSSR count). The van der Waals surface area contributed by atoms with Crippen molar-refractivity contribution in [2.75, 3.05) is 6.61 Å². The first kappa shape index (κ1) is 17.3. The van der Waals surface area contributed by atoms with Gasteiger partial charge in [-0.1, -0.05) is 32.9 Å².